The SMILES string of the molecule is CC1(C)c2cc(-c3ccc4c(c3)Oc3cccc5cccc-4c35)ccc2-c2ccc3ccccc3c21. The molecule has 0 amide bonds. The fraction of sp³-hybridized carbons (Fsp3) is 0.0857. The van der Waals surface area contributed by atoms with Gasteiger partial charge in [-0.25, -0.2) is 0 Å². The van der Waals surface area contributed by atoms with Crippen LogP contribution >= 0.6 is 0 Å². The van der Waals surface area contributed by atoms with Crippen molar-refractivity contribution in [2.45, 2.75) is 19.3 Å². The van der Waals surface area contributed by atoms with Crippen LogP contribution in [0.25, 0.3) is 54.9 Å². The molecular weight excluding hydrogens is 436 g/mol. The van der Waals surface area contributed by atoms with E-state index >= 15 is 0 Å². The van der Waals surface area contributed by atoms with Crippen LogP contribution in [0.1, 0.15) is 25.0 Å². The van der Waals surface area contributed by atoms with Crippen LogP contribution in [0.5, 0.6) is 11.5 Å². The monoisotopic (exact) mass is 460 g/mol. The lowest BCUT2D eigenvalue weighted by atomic mass is 9.79. The van der Waals surface area contributed by atoms with Crippen molar-refractivity contribution in [1.82, 2.24) is 0 Å². The Hall–Kier alpha value is -4.36. The van der Waals surface area contributed by atoms with E-state index in [1.165, 1.54) is 60.5 Å². The van der Waals surface area contributed by atoms with Crippen LogP contribution in [0.4, 0.5) is 0 Å². The molecule has 6 aromatic carbocycles. The van der Waals surface area contributed by atoms with E-state index in [-0.39, 0.29) is 5.41 Å². The van der Waals surface area contributed by atoms with E-state index in [2.05, 4.69) is 123 Å². The highest BCUT2D eigenvalue weighted by atomic mass is 16.5. The number of benzene rings is 6. The maximum atomic E-state index is 6.44. The van der Waals surface area contributed by atoms with Crippen LogP contribution in [0, 0.1) is 0 Å². The first-order chi connectivity index (χ1) is 17.6. The van der Waals surface area contributed by atoms with Crippen LogP contribution < -0.4 is 4.74 Å². The summed E-state index contributed by atoms with van der Waals surface area (Å²) in [7, 11) is 0. The van der Waals surface area contributed by atoms with Crippen molar-refractivity contribution in [2.75, 3.05) is 0 Å². The minimum Gasteiger partial charge on any atom is -0.456 e. The second-order valence-electron chi connectivity index (χ2n) is 10.6. The summed E-state index contributed by atoms with van der Waals surface area (Å²) in [5, 5.41) is 5.07. The molecule has 0 radical (unpaired) electrons. The van der Waals surface area contributed by atoms with E-state index in [9.17, 15) is 0 Å². The van der Waals surface area contributed by atoms with Gasteiger partial charge in [0.1, 0.15) is 11.5 Å². The van der Waals surface area contributed by atoms with Gasteiger partial charge in [-0.1, -0.05) is 98.8 Å². The topological polar surface area (TPSA) is 9.23 Å². The fourth-order valence-corrected chi connectivity index (χ4v) is 6.52. The van der Waals surface area contributed by atoms with Gasteiger partial charge in [0.05, 0.1) is 0 Å². The molecule has 6 aromatic rings. The van der Waals surface area contributed by atoms with Crippen LogP contribution in [0.15, 0.2) is 109 Å². The van der Waals surface area contributed by atoms with Crippen molar-refractivity contribution in [1.29, 1.82) is 0 Å². The molecular formula is C35H24O. The third-order valence-corrected chi connectivity index (χ3v) is 8.23. The number of fused-ring (bicyclic) bond motifs is 7. The largest absolute Gasteiger partial charge is 0.456 e. The molecule has 36 heavy (non-hydrogen) atoms. The Balaban J connectivity index is 1.27. The molecule has 1 heteroatoms. The predicted molar refractivity (Wildman–Crippen MR) is 150 cm³/mol. The molecule has 0 atom stereocenters. The minimum atomic E-state index is -0.0686. The van der Waals surface area contributed by atoms with Gasteiger partial charge in [0.25, 0.3) is 0 Å². The van der Waals surface area contributed by atoms with Gasteiger partial charge in [-0.3, -0.25) is 0 Å². The first-order valence-electron chi connectivity index (χ1n) is 12.6. The second-order valence-corrected chi connectivity index (χ2v) is 10.6. The highest BCUT2D eigenvalue weighted by molar-refractivity contribution is 6.04. The first kappa shape index (κ1) is 19.9. The summed E-state index contributed by atoms with van der Waals surface area (Å²) in [5.74, 6) is 1.86. The normalized spacial score (nSPS) is 14.3. The summed E-state index contributed by atoms with van der Waals surface area (Å²) in [4.78, 5) is 0. The summed E-state index contributed by atoms with van der Waals surface area (Å²) < 4.78 is 6.44. The molecule has 0 bridgehead atoms. The summed E-state index contributed by atoms with van der Waals surface area (Å²) in [6.45, 7) is 4.73. The molecule has 0 fully saturated rings. The third-order valence-electron chi connectivity index (χ3n) is 8.23. The van der Waals surface area contributed by atoms with Gasteiger partial charge in [0.15, 0.2) is 0 Å². The number of hydrogen-bond acceptors (Lipinski definition) is 1. The molecule has 8 rings (SSSR count). The van der Waals surface area contributed by atoms with Crippen molar-refractivity contribution in [3.05, 3.63) is 120 Å². The molecule has 1 heterocycles. The van der Waals surface area contributed by atoms with Crippen LogP contribution in [0.2, 0.25) is 0 Å². The van der Waals surface area contributed by atoms with Gasteiger partial charge in [-0.05, 0) is 79.4 Å². The minimum absolute atomic E-state index is 0.0686. The Kier molecular flexibility index (Phi) is 3.79. The molecule has 0 saturated carbocycles. The molecule has 1 aliphatic heterocycles. The molecule has 1 aliphatic carbocycles. The Morgan fingerprint density at radius 2 is 1.25 bits per heavy atom. The van der Waals surface area contributed by atoms with Crippen molar-refractivity contribution in [2.24, 2.45) is 0 Å². The molecule has 0 saturated heterocycles. The smallest absolute Gasteiger partial charge is 0.135 e. The zero-order valence-corrected chi connectivity index (χ0v) is 20.3. The highest BCUT2D eigenvalue weighted by Gasteiger charge is 2.37. The van der Waals surface area contributed by atoms with Gasteiger partial charge in [-0.15, -0.1) is 0 Å². The fourth-order valence-electron chi connectivity index (χ4n) is 6.52. The van der Waals surface area contributed by atoms with E-state index < -0.39 is 0 Å². The number of hydrogen-bond donors (Lipinski definition) is 0. The predicted octanol–water partition coefficient (Wildman–Crippen LogP) is 9.74. The van der Waals surface area contributed by atoms with E-state index in [1.54, 1.807) is 0 Å². The van der Waals surface area contributed by atoms with Gasteiger partial charge in [-0.2, -0.15) is 0 Å². The second kappa shape index (κ2) is 6.86. The number of rotatable bonds is 1. The lowest BCUT2D eigenvalue weighted by molar-refractivity contribution is 0.487. The van der Waals surface area contributed by atoms with Crippen LogP contribution in [0.3, 0.4) is 0 Å². The van der Waals surface area contributed by atoms with Crippen molar-refractivity contribution >= 4 is 21.5 Å². The highest BCUT2D eigenvalue weighted by Crippen LogP contribution is 2.53. The quantitative estimate of drug-likeness (QED) is 0.237. The average molecular weight is 461 g/mol. The average Bonchev–Trinajstić information content (AvgIpc) is 3.15. The lowest BCUT2D eigenvalue weighted by Gasteiger charge is -2.24. The first-order valence-corrected chi connectivity index (χ1v) is 12.6. The Labute approximate surface area is 210 Å². The lowest BCUT2D eigenvalue weighted by Crippen LogP contribution is -2.15. The molecule has 2 aliphatic rings. The molecule has 0 unspecified atom stereocenters. The number of ether oxygens (including phenoxy) is 1. The van der Waals surface area contributed by atoms with E-state index in [1.807, 2.05) is 0 Å². The van der Waals surface area contributed by atoms with Gasteiger partial charge < -0.3 is 4.74 Å². The zero-order valence-electron chi connectivity index (χ0n) is 20.3. The summed E-state index contributed by atoms with van der Waals surface area (Å²) in [6, 6.07) is 39.7. The van der Waals surface area contributed by atoms with Crippen molar-refractivity contribution < 1.29 is 4.74 Å². The van der Waals surface area contributed by atoms with E-state index in [4.69, 9.17) is 4.74 Å². The molecule has 0 N–H and O–H groups in total. The molecule has 0 aromatic heterocycles. The van der Waals surface area contributed by atoms with Crippen LogP contribution in [-0.2, 0) is 5.41 Å². The zero-order chi connectivity index (χ0) is 24.0. The van der Waals surface area contributed by atoms with Crippen molar-refractivity contribution in [3.8, 4) is 44.9 Å². The Morgan fingerprint density at radius 3 is 2.14 bits per heavy atom. The molecule has 0 spiro atoms. The molecule has 1 nitrogen and oxygen atoms in total. The Bertz CT molecular complexity index is 1880. The van der Waals surface area contributed by atoms with Gasteiger partial charge in [0, 0.05) is 16.4 Å². The summed E-state index contributed by atoms with van der Waals surface area (Å²) >= 11 is 0. The molecule has 170 valence electrons. The van der Waals surface area contributed by atoms with Crippen LogP contribution in [-0.4, -0.2) is 0 Å². The standard InChI is InChI=1S/C35H24O/c1-35(2)30-19-23(14-16-26(30)29-18-13-21-7-3-4-10-25(21)34(29)35)24-15-17-27-28-11-5-8-22-9-6-12-31(33(22)28)36-32(27)20-24/h3-20H,1-2H3. The summed E-state index contributed by atoms with van der Waals surface area (Å²) in [5.41, 5.74) is 10.3. The Morgan fingerprint density at radius 1 is 0.528 bits per heavy atom. The van der Waals surface area contributed by atoms with E-state index in [0.29, 0.717) is 0 Å². The maximum absolute atomic E-state index is 6.44. The van der Waals surface area contributed by atoms with Crippen molar-refractivity contribution in [3.63, 3.8) is 0 Å². The maximum Gasteiger partial charge on any atom is 0.135 e. The van der Waals surface area contributed by atoms with Gasteiger partial charge >= 0.3 is 0 Å². The van der Waals surface area contributed by atoms with E-state index in [0.717, 1.165) is 17.1 Å². The third kappa shape index (κ3) is 2.55. The summed E-state index contributed by atoms with van der Waals surface area (Å²) in [6.07, 6.45) is 0. The van der Waals surface area contributed by atoms with Gasteiger partial charge in [0.2, 0.25) is 0 Å².